The highest BCUT2D eigenvalue weighted by Crippen LogP contribution is 2.22. The number of ketones is 1. The third kappa shape index (κ3) is 4.57. The summed E-state index contributed by atoms with van der Waals surface area (Å²) < 4.78 is 3.63. The molecule has 0 spiro atoms. The summed E-state index contributed by atoms with van der Waals surface area (Å²) in [5.41, 5.74) is 0.957. The van der Waals surface area contributed by atoms with Gasteiger partial charge in [-0.1, -0.05) is 53.5 Å². The quantitative estimate of drug-likeness (QED) is 0.548. The molecule has 27 heavy (non-hydrogen) atoms. The zero-order valence-corrected chi connectivity index (χ0v) is 17.4. The maximum absolute atomic E-state index is 13.0. The first-order chi connectivity index (χ1) is 12.8. The van der Waals surface area contributed by atoms with Crippen molar-refractivity contribution in [2.45, 2.75) is 26.8 Å². The highest BCUT2D eigenvalue weighted by atomic mass is 79.9. The van der Waals surface area contributed by atoms with E-state index in [4.69, 9.17) is 11.6 Å². The lowest BCUT2D eigenvalue weighted by molar-refractivity contribution is -0.120. The molecule has 5 nitrogen and oxygen atoms in total. The summed E-state index contributed by atoms with van der Waals surface area (Å²) in [4.78, 5) is 25.4. The van der Waals surface area contributed by atoms with Crippen molar-refractivity contribution in [3.63, 3.8) is 0 Å². The zero-order chi connectivity index (χ0) is 19.6. The minimum atomic E-state index is -0.357. The van der Waals surface area contributed by atoms with Gasteiger partial charge in [0.15, 0.2) is 11.6 Å². The van der Waals surface area contributed by atoms with E-state index < -0.39 is 0 Å². The number of carbonyl (C=O) groups is 1. The van der Waals surface area contributed by atoms with E-state index in [0.717, 1.165) is 4.47 Å². The van der Waals surface area contributed by atoms with E-state index in [0.29, 0.717) is 28.5 Å². The van der Waals surface area contributed by atoms with Crippen LogP contribution >= 0.6 is 27.5 Å². The minimum Gasteiger partial charge on any atom is -0.298 e. The molecule has 0 atom stereocenters. The molecule has 1 heterocycles. The van der Waals surface area contributed by atoms with Crippen LogP contribution in [0.15, 0.2) is 57.8 Å². The van der Waals surface area contributed by atoms with Crippen LogP contribution in [0.3, 0.4) is 0 Å². The van der Waals surface area contributed by atoms with E-state index in [1.807, 2.05) is 32.0 Å². The first-order valence-corrected chi connectivity index (χ1v) is 9.75. The van der Waals surface area contributed by atoms with Gasteiger partial charge in [-0.3, -0.25) is 9.36 Å². The molecule has 0 radical (unpaired) electrons. The Morgan fingerprint density at radius 3 is 2.52 bits per heavy atom. The molecule has 0 aliphatic carbocycles. The molecule has 0 N–H and O–H groups in total. The highest BCUT2D eigenvalue weighted by Gasteiger charge is 2.19. The number of carbonyl (C=O) groups excluding carboxylic acids is 1. The van der Waals surface area contributed by atoms with Gasteiger partial charge in [0, 0.05) is 21.5 Å². The van der Waals surface area contributed by atoms with E-state index in [1.54, 1.807) is 30.3 Å². The lowest BCUT2D eigenvalue weighted by atomic mass is 10.1. The molecule has 0 amide bonds. The van der Waals surface area contributed by atoms with Crippen LogP contribution in [0.2, 0.25) is 5.02 Å². The Morgan fingerprint density at radius 2 is 1.89 bits per heavy atom. The second-order valence-electron chi connectivity index (χ2n) is 6.73. The van der Waals surface area contributed by atoms with Crippen molar-refractivity contribution in [2.24, 2.45) is 5.92 Å². The summed E-state index contributed by atoms with van der Waals surface area (Å²) in [5.74, 6) is 0.637. The Hall–Kier alpha value is -2.18. The third-order valence-electron chi connectivity index (χ3n) is 3.99. The van der Waals surface area contributed by atoms with E-state index in [9.17, 15) is 9.59 Å². The predicted octanol–water partition coefficient (Wildman–Crippen LogP) is 4.73. The maximum Gasteiger partial charge on any atom is 0.351 e. The van der Waals surface area contributed by atoms with Crippen molar-refractivity contribution in [1.82, 2.24) is 14.3 Å². The molecule has 1 aromatic heterocycles. The largest absolute Gasteiger partial charge is 0.351 e. The predicted molar refractivity (Wildman–Crippen MR) is 110 cm³/mol. The van der Waals surface area contributed by atoms with Gasteiger partial charge < -0.3 is 0 Å². The lowest BCUT2D eigenvalue weighted by Crippen LogP contribution is -2.27. The summed E-state index contributed by atoms with van der Waals surface area (Å²) in [6.45, 7) is 3.93. The van der Waals surface area contributed by atoms with E-state index >= 15 is 0 Å². The van der Waals surface area contributed by atoms with Crippen LogP contribution in [-0.4, -0.2) is 20.1 Å². The number of benzene rings is 2. The van der Waals surface area contributed by atoms with Crippen molar-refractivity contribution in [3.05, 3.63) is 68.5 Å². The minimum absolute atomic E-state index is 0.00858. The average Bonchev–Trinajstić information content (AvgIpc) is 2.92. The van der Waals surface area contributed by atoms with Gasteiger partial charge in [0.25, 0.3) is 0 Å². The third-order valence-corrected chi connectivity index (χ3v) is 4.75. The Morgan fingerprint density at radius 1 is 1.19 bits per heavy atom. The molecular weight excluding hydrogens is 430 g/mol. The second-order valence-corrected chi connectivity index (χ2v) is 8.08. The van der Waals surface area contributed by atoms with E-state index in [1.165, 1.54) is 9.25 Å². The second kappa shape index (κ2) is 8.23. The number of hydrogen-bond donors (Lipinski definition) is 0. The van der Waals surface area contributed by atoms with Gasteiger partial charge in [-0.05, 0) is 42.3 Å². The van der Waals surface area contributed by atoms with Gasteiger partial charge >= 0.3 is 5.69 Å². The van der Waals surface area contributed by atoms with Gasteiger partial charge in [0.05, 0.1) is 12.2 Å². The molecule has 0 fully saturated rings. The fourth-order valence-electron chi connectivity index (χ4n) is 2.83. The summed E-state index contributed by atoms with van der Waals surface area (Å²) in [7, 11) is 0. The van der Waals surface area contributed by atoms with Crippen LogP contribution in [-0.2, 0) is 11.3 Å². The fraction of sp³-hybridized carbons (Fsp3) is 0.250. The first-order valence-electron chi connectivity index (χ1n) is 8.58. The molecule has 0 saturated heterocycles. The van der Waals surface area contributed by atoms with Crippen molar-refractivity contribution in [3.8, 4) is 17.1 Å². The summed E-state index contributed by atoms with van der Waals surface area (Å²) in [6, 6.07) is 14.4. The van der Waals surface area contributed by atoms with Gasteiger partial charge in [0.2, 0.25) is 0 Å². The number of aromatic nitrogens is 3. The van der Waals surface area contributed by atoms with Crippen molar-refractivity contribution in [2.75, 3.05) is 0 Å². The number of halogens is 2. The molecule has 140 valence electrons. The van der Waals surface area contributed by atoms with Gasteiger partial charge in [-0.25, -0.2) is 4.79 Å². The SMILES string of the molecule is CC(C)CC(=O)Cn1c(-c2cccc(Cl)c2)nn(-c2ccc(Br)cc2)c1=O. The zero-order valence-electron chi connectivity index (χ0n) is 15.0. The summed E-state index contributed by atoms with van der Waals surface area (Å²) in [6.07, 6.45) is 0.408. The lowest BCUT2D eigenvalue weighted by Gasteiger charge is -2.07. The van der Waals surface area contributed by atoms with Gasteiger partial charge in [-0.2, -0.15) is 4.68 Å². The van der Waals surface area contributed by atoms with Gasteiger partial charge in [0.1, 0.15) is 0 Å². The Kier molecular flexibility index (Phi) is 5.97. The Balaban J connectivity index is 2.12. The topological polar surface area (TPSA) is 56.9 Å². The number of Topliss-reactive ketones (excluding diaryl/α,β-unsaturated/α-hetero) is 1. The van der Waals surface area contributed by atoms with Crippen LogP contribution in [0.25, 0.3) is 17.1 Å². The Bertz CT molecular complexity index is 1020. The normalized spacial score (nSPS) is 11.1. The van der Waals surface area contributed by atoms with Crippen LogP contribution in [0.5, 0.6) is 0 Å². The molecule has 3 rings (SSSR count). The summed E-state index contributed by atoms with van der Waals surface area (Å²) in [5, 5.41) is 5.03. The van der Waals surface area contributed by atoms with Crippen LogP contribution in [0.4, 0.5) is 0 Å². The molecule has 2 aromatic carbocycles. The highest BCUT2D eigenvalue weighted by molar-refractivity contribution is 9.10. The smallest absolute Gasteiger partial charge is 0.298 e. The van der Waals surface area contributed by atoms with Crippen molar-refractivity contribution >= 4 is 33.3 Å². The number of rotatable bonds is 6. The van der Waals surface area contributed by atoms with E-state index in [-0.39, 0.29) is 23.9 Å². The molecular formula is C20H19BrClN3O2. The molecule has 7 heteroatoms. The molecule has 3 aromatic rings. The molecule has 0 saturated carbocycles. The van der Waals surface area contributed by atoms with Gasteiger partial charge in [-0.15, -0.1) is 5.10 Å². The van der Waals surface area contributed by atoms with Crippen LogP contribution < -0.4 is 5.69 Å². The average molecular weight is 449 g/mol. The molecule has 0 bridgehead atoms. The van der Waals surface area contributed by atoms with Crippen LogP contribution in [0, 0.1) is 5.92 Å². The first kappa shape index (κ1) is 19.6. The molecule has 0 unspecified atom stereocenters. The number of hydrogen-bond acceptors (Lipinski definition) is 3. The fourth-order valence-corrected chi connectivity index (χ4v) is 3.28. The Labute approximate surface area is 170 Å². The maximum atomic E-state index is 13.0. The van der Waals surface area contributed by atoms with Crippen LogP contribution in [0.1, 0.15) is 20.3 Å². The van der Waals surface area contributed by atoms with Crippen molar-refractivity contribution < 1.29 is 4.79 Å². The monoisotopic (exact) mass is 447 g/mol. The molecule has 0 aliphatic heterocycles. The number of nitrogens with zero attached hydrogens (tertiary/aromatic N) is 3. The standard InChI is InChI=1S/C20H19BrClN3O2/c1-13(2)10-18(26)12-24-19(14-4-3-5-16(22)11-14)23-25(20(24)27)17-8-6-15(21)7-9-17/h3-9,11,13H,10,12H2,1-2H3. The van der Waals surface area contributed by atoms with Crippen molar-refractivity contribution in [1.29, 1.82) is 0 Å². The molecule has 0 aliphatic rings. The van der Waals surface area contributed by atoms with E-state index in [2.05, 4.69) is 21.0 Å². The summed E-state index contributed by atoms with van der Waals surface area (Å²) >= 11 is 9.49.